The molecule has 0 bridgehead atoms. The molecule has 1 N–H and O–H groups in total. The molecule has 0 saturated heterocycles. The molecule has 0 aromatic heterocycles. The van der Waals surface area contributed by atoms with E-state index in [1.165, 1.54) is 0 Å². The van der Waals surface area contributed by atoms with Gasteiger partial charge in [-0.15, -0.1) is 11.8 Å². The molecule has 1 unspecified atom stereocenters. The third-order valence-corrected chi connectivity index (χ3v) is 6.82. The summed E-state index contributed by atoms with van der Waals surface area (Å²) in [7, 11) is 0. The predicted octanol–water partition coefficient (Wildman–Crippen LogP) is 5.28. The van der Waals surface area contributed by atoms with Crippen LogP contribution in [0.15, 0.2) is 71.6 Å². The van der Waals surface area contributed by atoms with Crippen LogP contribution < -0.4 is 19.7 Å². The molecule has 2 heterocycles. The Bertz CT molecular complexity index is 1200. The highest BCUT2D eigenvalue weighted by Gasteiger charge is 2.31. The first kappa shape index (κ1) is 20.7. The van der Waals surface area contributed by atoms with Crippen molar-refractivity contribution in [1.29, 1.82) is 0 Å². The molecule has 1 atom stereocenters. The van der Waals surface area contributed by atoms with Gasteiger partial charge in [-0.05, 0) is 48.0 Å². The van der Waals surface area contributed by atoms with E-state index >= 15 is 0 Å². The van der Waals surface area contributed by atoms with Crippen LogP contribution in [0.25, 0.3) is 0 Å². The van der Waals surface area contributed by atoms with Gasteiger partial charge in [0.25, 0.3) is 0 Å². The van der Waals surface area contributed by atoms with Crippen LogP contribution in [0.5, 0.6) is 11.5 Å². The Morgan fingerprint density at radius 1 is 1.06 bits per heavy atom. The Hall–Kier alpha value is -3.16. The summed E-state index contributed by atoms with van der Waals surface area (Å²) in [5.74, 6) is 0.984. The summed E-state index contributed by atoms with van der Waals surface area (Å²) in [4.78, 5) is 28.5. The zero-order valence-corrected chi connectivity index (χ0v) is 18.5. The molecule has 2 aliphatic heterocycles. The number of para-hydroxylation sites is 1. The third kappa shape index (κ3) is 4.26. The number of fused-ring (bicyclic) bond motifs is 2. The van der Waals surface area contributed by atoms with Crippen molar-refractivity contribution in [2.75, 3.05) is 23.6 Å². The first-order valence-corrected chi connectivity index (χ1v) is 11.3. The van der Waals surface area contributed by atoms with E-state index in [2.05, 4.69) is 5.32 Å². The van der Waals surface area contributed by atoms with Gasteiger partial charge in [0.05, 0.1) is 5.69 Å². The van der Waals surface area contributed by atoms with Gasteiger partial charge < -0.3 is 19.7 Å². The highest BCUT2D eigenvalue weighted by Crippen LogP contribution is 2.47. The molecule has 6 nitrogen and oxygen atoms in total. The number of anilines is 2. The zero-order chi connectivity index (χ0) is 22.1. The quantitative estimate of drug-likeness (QED) is 0.566. The Kier molecular flexibility index (Phi) is 5.68. The number of rotatable bonds is 4. The number of carbonyl (C=O) groups excluding carboxylic acids is 2. The van der Waals surface area contributed by atoms with E-state index in [0.717, 1.165) is 16.1 Å². The predicted molar refractivity (Wildman–Crippen MR) is 125 cm³/mol. The largest absolute Gasteiger partial charge is 0.454 e. The summed E-state index contributed by atoms with van der Waals surface area (Å²) in [6, 6.07) is 20.3. The summed E-state index contributed by atoms with van der Waals surface area (Å²) in [5, 5.41) is 3.24. The Labute approximate surface area is 194 Å². The summed E-state index contributed by atoms with van der Waals surface area (Å²) < 4.78 is 10.9. The fourth-order valence-corrected chi connectivity index (χ4v) is 5.22. The van der Waals surface area contributed by atoms with Gasteiger partial charge in [0.15, 0.2) is 11.5 Å². The minimum absolute atomic E-state index is 0.0865. The van der Waals surface area contributed by atoms with Gasteiger partial charge in [-0.1, -0.05) is 35.9 Å². The lowest BCUT2D eigenvalue weighted by Crippen LogP contribution is -2.38. The monoisotopic (exact) mass is 466 g/mol. The topological polar surface area (TPSA) is 67.9 Å². The number of nitrogens with one attached hydrogen (secondary N) is 1. The summed E-state index contributed by atoms with van der Waals surface area (Å²) in [5.41, 5.74) is 2.30. The molecule has 0 fully saturated rings. The number of halogens is 1. The smallest absolute Gasteiger partial charge is 0.244 e. The number of benzene rings is 3. The molecule has 0 aliphatic carbocycles. The molecular formula is C24H19ClN2O4S. The summed E-state index contributed by atoms with van der Waals surface area (Å²) in [6.07, 6.45) is 0.253. The van der Waals surface area contributed by atoms with Crippen molar-refractivity contribution in [3.63, 3.8) is 0 Å². The van der Waals surface area contributed by atoms with Gasteiger partial charge in [0.2, 0.25) is 18.6 Å². The van der Waals surface area contributed by atoms with Crippen molar-refractivity contribution in [3.05, 3.63) is 77.3 Å². The van der Waals surface area contributed by atoms with E-state index in [0.29, 0.717) is 22.2 Å². The van der Waals surface area contributed by atoms with Crippen LogP contribution >= 0.6 is 23.4 Å². The maximum absolute atomic E-state index is 13.3. The van der Waals surface area contributed by atoms with Crippen LogP contribution in [0.2, 0.25) is 5.02 Å². The first-order chi connectivity index (χ1) is 15.6. The highest BCUT2D eigenvalue weighted by molar-refractivity contribution is 7.99. The van der Waals surface area contributed by atoms with Gasteiger partial charge in [0.1, 0.15) is 6.54 Å². The van der Waals surface area contributed by atoms with Crippen LogP contribution in [-0.4, -0.2) is 25.2 Å². The molecule has 0 saturated carbocycles. The number of hydrogen-bond donors (Lipinski definition) is 1. The normalized spacial score (nSPS) is 17.0. The fraction of sp³-hybridized carbons (Fsp3) is 0.167. The van der Waals surface area contributed by atoms with Gasteiger partial charge >= 0.3 is 0 Å². The molecule has 8 heteroatoms. The molecule has 0 spiro atoms. The van der Waals surface area contributed by atoms with E-state index in [1.54, 1.807) is 40.9 Å². The number of thioether (sulfide) groups is 1. The second-order valence-corrected chi connectivity index (χ2v) is 9.11. The minimum Gasteiger partial charge on any atom is -0.454 e. The lowest BCUT2D eigenvalue weighted by atomic mass is 10.1. The van der Waals surface area contributed by atoms with Crippen molar-refractivity contribution < 1.29 is 19.1 Å². The average molecular weight is 467 g/mol. The third-order valence-electron chi connectivity index (χ3n) is 5.26. The van der Waals surface area contributed by atoms with E-state index in [1.807, 2.05) is 42.5 Å². The number of carbonyl (C=O) groups is 2. The first-order valence-electron chi connectivity index (χ1n) is 10.1. The standard InChI is InChI=1S/C24H19ClN2O4S/c25-16-4-3-5-17(11-16)26-23(28)13-27-18-6-1-2-7-21(18)32-22(12-24(27)29)15-8-9-19-20(10-15)31-14-30-19/h1-11,22H,12-14H2,(H,26,28). The fourth-order valence-electron chi connectivity index (χ4n) is 3.76. The van der Waals surface area contributed by atoms with Crippen LogP contribution in [0, 0.1) is 0 Å². The summed E-state index contributed by atoms with van der Waals surface area (Å²) in [6.45, 7) is 0.116. The minimum atomic E-state index is -0.290. The maximum Gasteiger partial charge on any atom is 0.244 e. The average Bonchev–Trinajstić information content (AvgIpc) is 3.20. The van der Waals surface area contributed by atoms with Crippen molar-refractivity contribution in [2.45, 2.75) is 16.6 Å². The van der Waals surface area contributed by atoms with Gasteiger partial charge in [-0.3, -0.25) is 9.59 Å². The molecule has 3 aromatic carbocycles. The van der Waals surface area contributed by atoms with Crippen molar-refractivity contribution in [3.8, 4) is 11.5 Å². The van der Waals surface area contributed by atoms with Gasteiger partial charge in [-0.25, -0.2) is 0 Å². The van der Waals surface area contributed by atoms with Crippen LogP contribution in [0.3, 0.4) is 0 Å². The molecule has 0 radical (unpaired) electrons. The molecule has 2 aliphatic rings. The highest BCUT2D eigenvalue weighted by atomic mass is 35.5. The van der Waals surface area contributed by atoms with Crippen molar-refractivity contribution in [2.24, 2.45) is 0 Å². The molecule has 162 valence electrons. The lowest BCUT2D eigenvalue weighted by Gasteiger charge is -2.22. The van der Waals surface area contributed by atoms with Crippen LogP contribution in [0.1, 0.15) is 17.2 Å². The lowest BCUT2D eigenvalue weighted by molar-refractivity contribution is -0.121. The number of ether oxygens (including phenoxy) is 2. The van der Waals surface area contributed by atoms with E-state index in [-0.39, 0.29) is 36.8 Å². The second-order valence-electron chi connectivity index (χ2n) is 7.43. The van der Waals surface area contributed by atoms with Gasteiger partial charge in [-0.2, -0.15) is 0 Å². The molecule has 3 aromatic rings. The second kappa shape index (κ2) is 8.76. The Morgan fingerprint density at radius 3 is 2.78 bits per heavy atom. The zero-order valence-electron chi connectivity index (χ0n) is 16.9. The molecular weight excluding hydrogens is 448 g/mol. The Balaban J connectivity index is 1.40. The summed E-state index contributed by atoms with van der Waals surface area (Å²) >= 11 is 7.61. The molecule has 32 heavy (non-hydrogen) atoms. The number of amides is 2. The van der Waals surface area contributed by atoms with E-state index in [9.17, 15) is 9.59 Å². The van der Waals surface area contributed by atoms with Crippen LogP contribution in [-0.2, 0) is 9.59 Å². The number of hydrogen-bond acceptors (Lipinski definition) is 5. The molecule has 2 amide bonds. The van der Waals surface area contributed by atoms with Crippen LogP contribution in [0.4, 0.5) is 11.4 Å². The van der Waals surface area contributed by atoms with Crippen molar-refractivity contribution in [1.82, 2.24) is 0 Å². The van der Waals surface area contributed by atoms with E-state index < -0.39 is 0 Å². The van der Waals surface area contributed by atoms with E-state index in [4.69, 9.17) is 21.1 Å². The molecule has 5 rings (SSSR count). The SMILES string of the molecule is O=C(CN1C(=O)CC(c2ccc3c(c2)OCO3)Sc2ccccc21)Nc1cccc(Cl)c1. The Morgan fingerprint density at radius 2 is 1.91 bits per heavy atom. The van der Waals surface area contributed by atoms with Gasteiger partial charge in [0, 0.05) is 27.3 Å². The maximum atomic E-state index is 13.3. The number of nitrogens with zero attached hydrogens (tertiary/aromatic N) is 1. The van der Waals surface area contributed by atoms with Crippen molar-refractivity contribution >= 4 is 46.6 Å².